The highest BCUT2D eigenvalue weighted by Gasteiger charge is 2.20. The second-order valence-electron chi connectivity index (χ2n) is 4.11. The van der Waals surface area contributed by atoms with Crippen molar-refractivity contribution >= 4 is 17.7 Å². The average Bonchev–Trinajstić information content (AvgIpc) is 2.65. The Kier molecular flexibility index (Phi) is 5.04. The van der Waals surface area contributed by atoms with Gasteiger partial charge in [0.2, 0.25) is 5.76 Å². The largest absolute Gasteiger partial charge is 0.475 e. The average molecular weight is 259 g/mol. The van der Waals surface area contributed by atoms with Crippen LogP contribution in [0, 0.1) is 0 Å². The Balaban J connectivity index is 2.46. The summed E-state index contributed by atoms with van der Waals surface area (Å²) in [4.78, 5) is 10.8. The van der Waals surface area contributed by atoms with Gasteiger partial charge in [-0.15, -0.1) is 0 Å². The van der Waals surface area contributed by atoms with E-state index in [2.05, 4.69) is 5.32 Å². The van der Waals surface area contributed by atoms with Gasteiger partial charge in [0.1, 0.15) is 0 Å². The predicted octanol–water partition coefficient (Wildman–Crippen LogP) is 1.18. The van der Waals surface area contributed by atoms with E-state index in [9.17, 15) is 9.90 Å². The molecule has 0 saturated heterocycles. The summed E-state index contributed by atoms with van der Waals surface area (Å²) in [7, 11) is 0. The van der Waals surface area contributed by atoms with Crippen molar-refractivity contribution in [2.45, 2.75) is 19.1 Å². The summed E-state index contributed by atoms with van der Waals surface area (Å²) in [5.74, 6) is -0.512. The molecule has 0 radical (unpaired) electrons. The Labute approximate surface area is 104 Å². The summed E-state index contributed by atoms with van der Waals surface area (Å²) in [5.41, 5.74) is -0.218. The highest BCUT2D eigenvalue weighted by molar-refractivity contribution is 7.98. The molecule has 17 heavy (non-hydrogen) atoms. The fourth-order valence-corrected chi connectivity index (χ4v) is 2.21. The Morgan fingerprint density at radius 3 is 2.94 bits per heavy atom. The number of nitrogens with one attached hydrogen (secondary N) is 1. The van der Waals surface area contributed by atoms with Crippen molar-refractivity contribution in [2.24, 2.45) is 0 Å². The van der Waals surface area contributed by atoms with Crippen LogP contribution in [0.15, 0.2) is 16.7 Å². The minimum atomic E-state index is -1.08. The van der Waals surface area contributed by atoms with Gasteiger partial charge in [0.25, 0.3) is 0 Å². The molecule has 0 aliphatic carbocycles. The highest BCUT2D eigenvalue weighted by Crippen LogP contribution is 2.12. The Hall–Kier alpha value is -0.980. The van der Waals surface area contributed by atoms with Crippen molar-refractivity contribution in [1.29, 1.82) is 0 Å². The van der Waals surface area contributed by atoms with Crippen LogP contribution in [0.4, 0.5) is 0 Å². The molecule has 1 rings (SSSR count). The molecule has 0 spiro atoms. The molecular formula is C11H17NO4S. The first-order valence-electron chi connectivity index (χ1n) is 5.18. The molecule has 3 N–H and O–H groups in total. The van der Waals surface area contributed by atoms with Gasteiger partial charge < -0.3 is 19.9 Å². The lowest BCUT2D eigenvalue weighted by Crippen LogP contribution is -2.39. The van der Waals surface area contributed by atoms with Crippen molar-refractivity contribution in [2.75, 3.05) is 18.6 Å². The van der Waals surface area contributed by atoms with Crippen molar-refractivity contribution < 1.29 is 19.4 Å². The van der Waals surface area contributed by atoms with E-state index in [0.717, 1.165) is 0 Å². The number of aliphatic hydroxyl groups is 1. The molecule has 5 nitrogen and oxygen atoms in total. The van der Waals surface area contributed by atoms with Crippen LogP contribution in [0.1, 0.15) is 23.0 Å². The fraction of sp³-hybridized carbons (Fsp3) is 0.545. The van der Waals surface area contributed by atoms with E-state index in [1.165, 1.54) is 6.26 Å². The molecule has 1 atom stereocenters. The molecule has 1 heterocycles. The lowest BCUT2D eigenvalue weighted by molar-refractivity contribution is 0.0660. The van der Waals surface area contributed by atoms with E-state index in [4.69, 9.17) is 9.52 Å². The first-order valence-corrected chi connectivity index (χ1v) is 6.57. The number of hydrogen-bond donors (Lipinski definition) is 3. The number of furan rings is 1. The quantitative estimate of drug-likeness (QED) is 0.682. The van der Waals surface area contributed by atoms with E-state index in [0.29, 0.717) is 24.4 Å². The summed E-state index contributed by atoms with van der Waals surface area (Å²) in [5, 5.41) is 21.7. The number of thioether (sulfide) groups is 1. The molecule has 0 amide bonds. The maximum absolute atomic E-state index is 10.8. The van der Waals surface area contributed by atoms with Crippen molar-refractivity contribution in [1.82, 2.24) is 5.32 Å². The number of carboxylic acid groups (broad SMARTS) is 1. The van der Waals surface area contributed by atoms with Gasteiger partial charge in [-0.25, -0.2) is 4.79 Å². The van der Waals surface area contributed by atoms with Crippen LogP contribution >= 0.6 is 11.8 Å². The lowest BCUT2D eigenvalue weighted by atomic mass is 10.1. The molecule has 0 aliphatic rings. The van der Waals surface area contributed by atoms with Gasteiger partial charge in [0.05, 0.1) is 11.9 Å². The van der Waals surface area contributed by atoms with E-state index < -0.39 is 11.6 Å². The van der Waals surface area contributed by atoms with E-state index in [-0.39, 0.29) is 5.76 Å². The summed E-state index contributed by atoms with van der Waals surface area (Å²) in [6, 6.07) is 1.61. The highest BCUT2D eigenvalue weighted by atomic mass is 32.2. The summed E-state index contributed by atoms with van der Waals surface area (Å²) in [6.45, 7) is 2.50. The van der Waals surface area contributed by atoms with Crippen LogP contribution in [0.3, 0.4) is 0 Å². The van der Waals surface area contributed by atoms with E-state index in [1.807, 2.05) is 6.26 Å². The second-order valence-corrected chi connectivity index (χ2v) is 4.98. The van der Waals surface area contributed by atoms with Crippen LogP contribution < -0.4 is 5.32 Å². The van der Waals surface area contributed by atoms with Crippen molar-refractivity contribution in [3.63, 3.8) is 0 Å². The molecule has 0 fully saturated rings. The molecule has 1 unspecified atom stereocenters. The minimum absolute atomic E-state index is 0.0537. The molecule has 96 valence electrons. The summed E-state index contributed by atoms with van der Waals surface area (Å²) in [6.07, 6.45) is 3.27. The van der Waals surface area contributed by atoms with Gasteiger partial charge in [-0.3, -0.25) is 0 Å². The first-order chi connectivity index (χ1) is 7.96. The van der Waals surface area contributed by atoms with Crippen molar-refractivity contribution in [3.8, 4) is 0 Å². The topological polar surface area (TPSA) is 82.7 Å². The van der Waals surface area contributed by atoms with Crippen LogP contribution in [0.25, 0.3) is 0 Å². The Bertz CT molecular complexity index is 375. The standard InChI is InChI=1S/C11H17NO4S/c1-11(15,7-17-2)6-12-5-8-3-4-16-9(8)10(13)14/h3-4,12,15H,5-7H2,1-2H3,(H,13,14). The molecule has 0 aliphatic heterocycles. The fourth-order valence-electron chi connectivity index (χ4n) is 1.49. The van der Waals surface area contributed by atoms with Crippen LogP contribution in [-0.4, -0.2) is 40.3 Å². The Morgan fingerprint density at radius 2 is 2.35 bits per heavy atom. The van der Waals surface area contributed by atoms with Gasteiger partial charge >= 0.3 is 5.97 Å². The van der Waals surface area contributed by atoms with Crippen LogP contribution in [0.2, 0.25) is 0 Å². The number of rotatable bonds is 7. The maximum Gasteiger partial charge on any atom is 0.372 e. The molecular weight excluding hydrogens is 242 g/mol. The third-order valence-electron chi connectivity index (χ3n) is 2.22. The monoisotopic (exact) mass is 259 g/mol. The SMILES string of the molecule is CSCC(C)(O)CNCc1ccoc1C(=O)O. The van der Waals surface area contributed by atoms with Crippen LogP contribution in [0.5, 0.6) is 0 Å². The minimum Gasteiger partial charge on any atom is -0.475 e. The van der Waals surface area contributed by atoms with Crippen LogP contribution in [-0.2, 0) is 6.54 Å². The third-order valence-corrected chi connectivity index (χ3v) is 3.13. The zero-order chi connectivity index (χ0) is 12.9. The number of carboxylic acids is 1. The van der Waals surface area contributed by atoms with Gasteiger partial charge in [-0.05, 0) is 19.2 Å². The van der Waals surface area contributed by atoms with E-state index in [1.54, 1.807) is 24.8 Å². The summed E-state index contributed by atoms with van der Waals surface area (Å²) < 4.78 is 4.85. The lowest BCUT2D eigenvalue weighted by Gasteiger charge is -2.22. The second kappa shape index (κ2) is 6.09. The molecule has 0 saturated carbocycles. The Morgan fingerprint density at radius 1 is 1.65 bits per heavy atom. The third kappa shape index (κ3) is 4.41. The van der Waals surface area contributed by atoms with Gasteiger partial charge in [-0.2, -0.15) is 11.8 Å². The first kappa shape index (κ1) is 14.1. The van der Waals surface area contributed by atoms with Gasteiger partial charge in [0, 0.05) is 24.4 Å². The number of carbonyl (C=O) groups is 1. The maximum atomic E-state index is 10.8. The molecule has 1 aromatic heterocycles. The van der Waals surface area contributed by atoms with Gasteiger partial charge in [0.15, 0.2) is 0 Å². The van der Waals surface area contributed by atoms with Gasteiger partial charge in [-0.1, -0.05) is 0 Å². The molecule has 1 aromatic rings. The van der Waals surface area contributed by atoms with Crippen molar-refractivity contribution in [3.05, 3.63) is 23.7 Å². The number of hydrogen-bond acceptors (Lipinski definition) is 5. The molecule has 0 aromatic carbocycles. The summed E-state index contributed by atoms with van der Waals surface area (Å²) >= 11 is 1.56. The zero-order valence-corrected chi connectivity index (χ0v) is 10.7. The zero-order valence-electron chi connectivity index (χ0n) is 9.90. The normalized spacial score (nSPS) is 14.5. The molecule has 0 bridgehead atoms. The van der Waals surface area contributed by atoms with E-state index >= 15 is 0 Å². The predicted molar refractivity (Wildman–Crippen MR) is 66.4 cm³/mol. The number of aromatic carboxylic acids is 1. The molecule has 6 heteroatoms. The smallest absolute Gasteiger partial charge is 0.372 e.